The lowest BCUT2D eigenvalue weighted by atomic mass is 10.1. The molecular formula is C38H52Br3ClN2O5. The summed E-state index contributed by atoms with van der Waals surface area (Å²) in [5.41, 5.74) is 2.69. The fourth-order valence-corrected chi connectivity index (χ4v) is 5.64. The van der Waals surface area contributed by atoms with Gasteiger partial charge in [-0.15, -0.1) is 0 Å². The maximum absolute atomic E-state index is 12.2. The number of hydrogen-bond acceptors (Lipinski definition) is 5. The summed E-state index contributed by atoms with van der Waals surface area (Å²) in [5, 5.41) is 8.73. The molecule has 49 heavy (non-hydrogen) atoms. The number of hydrogen-bond donors (Lipinski definition) is 1. The number of nitrogens with zero attached hydrogens (tertiary/aromatic N) is 2. The summed E-state index contributed by atoms with van der Waals surface area (Å²) in [5.74, 6) is 0.104. The van der Waals surface area contributed by atoms with Crippen LogP contribution in [0.2, 0.25) is 0 Å². The van der Waals surface area contributed by atoms with Gasteiger partial charge in [0.05, 0.1) is 6.10 Å². The molecule has 272 valence electrons. The fourth-order valence-electron chi connectivity index (χ4n) is 4.46. The SMILES string of the molecule is CC(=O)c1ccc(Br)cc1.CC(C)N(C(=O)Cl)C(C)C.CC(C)N(C(=O)O[C@@H](C)c1ccc(Br)cc1)C(C)C.C[C@H](O)c1ccc(Br)cc1. The Labute approximate surface area is 324 Å². The molecule has 0 radical (unpaired) electrons. The number of carbonyl (C=O) groups excluding carboxylic acids is 3. The highest BCUT2D eigenvalue weighted by Crippen LogP contribution is 2.22. The van der Waals surface area contributed by atoms with Crippen LogP contribution in [-0.2, 0) is 4.74 Å². The molecule has 0 spiro atoms. The highest BCUT2D eigenvalue weighted by molar-refractivity contribution is 9.11. The Morgan fingerprint density at radius 2 is 0.918 bits per heavy atom. The van der Waals surface area contributed by atoms with Crippen molar-refractivity contribution in [2.75, 3.05) is 0 Å². The fraction of sp³-hybridized carbons (Fsp3) is 0.447. The van der Waals surface area contributed by atoms with Crippen molar-refractivity contribution in [3.8, 4) is 0 Å². The molecule has 0 heterocycles. The van der Waals surface area contributed by atoms with Crippen molar-refractivity contribution >= 4 is 76.6 Å². The van der Waals surface area contributed by atoms with Gasteiger partial charge in [-0.2, -0.15) is 0 Å². The summed E-state index contributed by atoms with van der Waals surface area (Å²) in [4.78, 5) is 37.0. The second-order valence-corrected chi connectivity index (χ2v) is 15.4. The van der Waals surface area contributed by atoms with Gasteiger partial charge in [0.25, 0.3) is 0 Å². The summed E-state index contributed by atoms with van der Waals surface area (Å²) >= 11 is 15.3. The number of ketones is 1. The smallest absolute Gasteiger partial charge is 0.410 e. The van der Waals surface area contributed by atoms with E-state index in [9.17, 15) is 14.4 Å². The van der Waals surface area contributed by atoms with Crippen molar-refractivity contribution in [2.24, 2.45) is 0 Å². The number of aliphatic hydroxyl groups excluding tert-OH is 1. The number of carbonyl (C=O) groups is 3. The molecule has 0 aliphatic heterocycles. The molecule has 0 unspecified atom stereocenters. The number of amides is 2. The van der Waals surface area contributed by atoms with E-state index in [0.29, 0.717) is 0 Å². The van der Waals surface area contributed by atoms with Crippen molar-refractivity contribution in [1.82, 2.24) is 9.80 Å². The molecule has 0 fully saturated rings. The molecule has 0 bridgehead atoms. The second-order valence-electron chi connectivity index (χ2n) is 12.3. The van der Waals surface area contributed by atoms with Crippen molar-refractivity contribution in [2.45, 2.75) is 113 Å². The highest BCUT2D eigenvalue weighted by Gasteiger charge is 2.23. The van der Waals surface area contributed by atoms with Gasteiger partial charge in [0.1, 0.15) is 6.10 Å². The van der Waals surface area contributed by atoms with Gasteiger partial charge in [0.15, 0.2) is 5.78 Å². The molecule has 2 atom stereocenters. The quantitative estimate of drug-likeness (QED) is 0.138. The molecule has 0 aliphatic carbocycles. The number of halogens is 4. The molecule has 3 aromatic carbocycles. The van der Waals surface area contributed by atoms with Gasteiger partial charge in [-0.25, -0.2) is 4.79 Å². The van der Waals surface area contributed by atoms with Gasteiger partial charge in [-0.1, -0.05) is 84.2 Å². The van der Waals surface area contributed by atoms with E-state index in [2.05, 4.69) is 47.8 Å². The first-order valence-electron chi connectivity index (χ1n) is 16.1. The third-order valence-electron chi connectivity index (χ3n) is 6.86. The highest BCUT2D eigenvalue weighted by atomic mass is 79.9. The summed E-state index contributed by atoms with van der Waals surface area (Å²) in [6, 6.07) is 23.4. The van der Waals surface area contributed by atoms with Crippen molar-refractivity contribution in [3.05, 3.63) is 103 Å². The minimum Gasteiger partial charge on any atom is -0.442 e. The summed E-state index contributed by atoms with van der Waals surface area (Å²) in [7, 11) is 0. The van der Waals surface area contributed by atoms with Crippen LogP contribution in [0.3, 0.4) is 0 Å². The van der Waals surface area contributed by atoms with Crippen LogP contribution in [-0.4, -0.2) is 56.3 Å². The summed E-state index contributed by atoms with van der Waals surface area (Å²) in [6.45, 7) is 20.9. The van der Waals surface area contributed by atoms with Crippen LogP contribution in [0, 0.1) is 0 Å². The van der Waals surface area contributed by atoms with Gasteiger partial charge in [-0.3, -0.25) is 9.59 Å². The molecule has 1 N–H and O–H groups in total. The molecule has 0 aromatic heterocycles. The van der Waals surface area contributed by atoms with Gasteiger partial charge < -0.3 is 19.6 Å². The first-order chi connectivity index (χ1) is 22.7. The zero-order valence-corrected chi connectivity index (χ0v) is 35.9. The van der Waals surface area contributed by atoms with Gasteiger partial charge >= 0.3 is 11.5 Å². The van der Waals surface area contributed by atoms with Crippen molar-refractivity contribution in [3.63, 3.8) is 0 Å². The third-order valence-corrected chi connectivity index (χ3v) is 8.64. The number of benzene rings is 3. The number of ether oxygens (including phenoxy) is 1. The van der Waals surface area contributed by atoms with Crippen molar-refractivity contribution < 1.29 is 24.2 Å². The average Bonchev–Trinajstić information content (AvgIpc) is 2.98. The topological polar surface area (TPSA) is 87.2 Å². The lowest BCUT2D eigenvalue weighted by Gasteiger charge is -2.31. The molecule has 0 saturated heterocycles. The molecule has 11 heteroatoms. The Kier molecular flexibility index (Phi) is 22.9. The maximum atomic E-state index is 12.2. The number of aliphatic hydroxyl groups is 1. The standard InChI is InChI=1S/C15H22BrNO2.C8H9BrO.C8H7BrO.C7H14ClNO/c1-10(2)17(11(3)4)15(18)19-12(5)13-6-8-14(16)9-7-13;2*1-6(10)7-2-4-8(9)5-3-7;1-5(2)9(6(3)4)7(8)10/h6-12H,1-5H3;2-6,10H,1H3;2-5H,1H3;5-6H,1-4H3/t12-;6-;;/m00../s1. The Hall–Kier alpha value is -2.24. The zero-order valence-electron chi connectivity index (χ0n) is 30.4. The van der Waals surface area contributed by atoms with Crippen LogP contribution >= 0.6 is 59.4 Å². The van der Waals surface area contributed by atoms with E-state index in [4.69, 9.17) is 21.4 Å². The Morgan fingerprint density at radius 3 is 1.18 bits per heavy atom. The van der Waals surface area contributed by atoms with E-state index >= 15 is 0 Å². The van der Waals surface area contributed by atoms with Gasteiger partial charge in [-0.05, 0) is 135 Å². The van der Waals surface area contributed by atoms with E-state index in [-0.39, 0.29) is 53.6 Å². The second kappa shape index (κ2) is 24.0. The zero-order chi connectivity index (χ0) is 38.0. The molecule has 7 nitrogen and oxygen atoms in total. The Morgan fingerprint density at radius 1 is 0.592 bits per heavy atom. The normalized spacial score (nSPS) is 11.7. The van der Waals surface area contributed by atoms with Gasteiger partial charge in [0, 0.05) is 43.1 Å². The van der Waals surface area contributed by atoms with Crippen LogP contribution < -0.4 is 0 Å². The summed E-state index contributed by atoms with van der Waals surface area (Å²) in [6.07, 6.45) is -0.880. The van der Waals surface area contributed by atoms with Crippen LogP contribution in [0.25, 0.3) is 0 Å². The van der Waals surface area contributed by atoms with E-state index in [0.717, 1.165) is 30.1 Å². The monoisotopic (exact) mass is 888 g/mol. The van der Waals surface area contributed by atoms with Crippen LogP contribution in [0.5, 0.6) is 0 Å². The first-order valence-corrected chi connectivity index (χ1v) is 18.9. The van der Waals surface area contributed by atoms with E-state index in [1.807, 2.05) is 123 Å². The molecule has 2 amide bonds. The molecule has 3 rings (SSSR count). The molecule has 0 saturated carbocycles. The van der Waals surface area contributed by atoms with E-state index in [1.54, 1.807) is 35.8 Å². The third kappa shape index (κ3) is 19.1. The predicted octanol–water partition coefficient (Wildman–Crippen LogP) is 12.4. The Bertz CT molecular complexity index is 1380. The molecule has 3 aromatic rings. The maximum Gasteiger partial charge on any atom is 0.410 e. The van der Waals surface area contributed by atoms with Crippen molar-refractivity contribution in [1.29, 1.82) is 0 Å². The number of Topliss-reactive ketones (excluding diaryl/α,β-unsaturated/α-hetero) is 1. The average molecular weight is 892 g/mol. The lowest BCUT2D eigenvalue weighted by Crippen LogP contribution is -2.42. The largest absolute Gasteiger partial charge is 0.442 e. The first kappa shape index (κ1) is 46.8. The summed E-state index contributed by atoms with van der Waals surface area (Å²) < 4.78 is 8.58. The van der Waals surface area contributed by atoms with Crippen LogP contribution in [0.4, 0.5) is 9.59 Å². The minimum atomic E-state index is -0.370. The van der Waals surface area contributed by atoms with Crippen LogP contribution in [0.15, 0.2) is 86.2 Å². The van der Waals surface area contributed by atoms with E-state index in [1.165, 1.54) is 0 Å². The number of rotatable bonds is 8. The minimum absolute atomic E-state index is 0.104. The van der Waals surface area contributed by atoms with Gasteiger partial charge in [0.2, 0.25) is 0 Å². The molecule has 0 aliphatic rings. The lowest BCUT2D eigenvalue weighted by molar-refractivity contribution is 0.0511. The predicted molar refractivity (Wildman–Crippen MR) is 213 cm³/mol. The van der Waals surface area contributed by atoms with E-state index < -0.39 is 0 Å². The Balaban J connectivity index is 0.000000661. The molecular weight excluding hydrogens is 840 g/mol. The van der Waals surface area contributed by atoms with Crippen LogP contribution in [0.1, 0.15) is 110 Å².